The van der Waals surface area contributed by atoms with Crippen LogP contribution in [0.2, 0.25) is 0 Å². The number of amides is 1. The highest BCUT2D eigenvalue weighted by Crippen LogP contribution is 2.33. The molecule has 5 rings (SSSR count). The molecule has 3 aliphatic heterocycles. The molecule has 1 aliphatic carbocycles. The quantitative estimate of drug-likeness (QED) is 0.822. The Labute approximate surface area is 152 Å². The Hall–Kier alpha value is -1.35. The monoisotopic (exact) mass is 340 g/mol. The zero-order chi connectivity index (χ0) is 17.4. The van der Waals surface area contributed by atoms with Crippen LogP contribution >= 0.6 is 0 Å². The SMILES string of the molecule is CC(C)c1ccc(C(=O)N2C[C@H]3CC[C@@H](C2)N(CC2CCC2)C3)cc1. The van der Waals surface area contributed by atoms with Gasteiger partial charge in [0.15, 0.2) is 0 Å². The second-order valence-corrected chi connectivity index (χ2v) is 8.83. The molecule has 136 valence electrons. The summed E-state index contributed by atoms with van der Waals surface area (Å²) in [6.07, 6.45) is 6.82. The van der Waals surface area contributed by atoms with Crippen molar-refractivity contribution in [1.29, 1.82) is 0 Å². The second-order valence-electron chi connectivity index (χ2n) is 8.83. The van der Waals surface area contributed by atoms with Gasteiger partial charge in [-0.1, -0.05) is 32.4 Å². The van der Waals surface area contributed by atoms with E-state index in [9.17, 15) is 4.79 Å². The van der Waals surface area contributed by atoms with Crippen molar-refractivity contribution in [2.75, 3.05) is 26.2 Å². The predicted octanol–water partition coefficient (Wildman–Crippen LogP) is 4.15. The van der Waals surface area contributed by atoms with Crippen LogP contribution in [0.1, 0.15) is 67.8 Å². The van der Waals surface area contributed by atoms with Crippen molar-refractivity contribution in [1.82, 2.24) is 9.80 Å². The number of hydrogen-bond acceptors (Lipinski definition) is 2. The van der Waals surface area contributed by atoms with Crippen LogP contribution in [-0.2, 0) is 0 Å². The van der Waals surface area contributed by atoms with E-state index in [0.717, 1.165) is 24.6 Å². The molecule has 3 heteroatoms. The molecule has 25 heavy (non-hydrogen) atoms. The van der Waals surface area contributed by atoms with E-state index in [1.165, 1.54) is 50.8 Å². The van der Waals surface area contributed by atoms with Crippen LogP contribution in [0.5, 0.6) is 0 Å². The lowest BCUT2D eigenvalue weighted by atomic mass is 9.83. The maximum atomic E-state index is 13.1. The summed E-state index contributed by atoms with van der Waals surface area (Å²) < 4.78 is 0. The molecule has 3 nitrogen and oxygen atoms in total. The topological polar surface area (TPSA) is 23.6 Å². The van der Waals surface area contributed by atoms with Crippen molar-refractivity contribution in [3.63, 3.8) is 0 Å². The van der Waals surface area contributed by atoms with Crippen LogP contribution in [0.4, 0.5) is 0 Å². The van der Waals surface area contributed by atoms with E-state index in [2.05, 4.69) is 35.8 Å². The summed E-state index contributed by atoms with van der Waals surface area (Å²) >= 11 is 0. The van der Waals surface area contributed by atoms with Crippen molar-refractivity contribution in [3.05, 3.63) is 35.4 Å². The molecule has 1 aromatic carbocycles. The molecule has 2 atom stereocenters. The van der Waals surface area contributed by atoms with Crippen LogP contribution in [-0.4, -0.2) is 47.9 Å². The molecule has 0 unspecified atom stereocenters. The van der Waals surface area contributed by atoms with Crippen LogP contribution in [0.25, 0.3) is 0 Å². The maximum Gasteiger partial charge on any atom is 0.253 e. The number of nitrogens with zero attached hydrogens (tertiary/aromatic N) is 2. The standard InChI is InChI=1S/C22H32N2O/c1-16(2)19-7-9-20(10-8-19)22(25)24-14-18-6-11-21(15-24)23(13-18)12-17-4-3-5-17/h7-10,16-18,21H,3-6,11-15H2,1-2H3/t18-,21-/m0/s1. The first kappa shape index (κ1) is 17.1. The Morgan fingerprint density at radius 2 is 1.80 bits per heavy atom. The van der Waals surface area contributed by atoms with E-state index in [0.29, 0.717) is 17.9 Å². The summed E-state index contributed by atoms with van der Waals surface area (Å²) in [6.45, 7) is 8.74. The van der Waals surface area contributed by atoms with Crippen molar-refractivity contribution in [2.24, 2.45) is 11.8 Å². The van der Waals surface area contributed by atoms with Crippen LogP contribution in [0, 0.1) is 11.8 Å². The first-order valence-electron chi connectivity index (χ1n) is 10.2. The fourth-order valence-corrected chi connectivity index (χ4v) is 4.77. The smallest absolute Gasteiger partial charge is 0.253 e. The van der Waals surface area contributed by atoms with Gasteiger partial charge in [0.1, 0.15) is 0 Å². The number of rotatable bonds is 4. The van der Waals surface area contributed by atoms with Gasteiger partial charge in [0.05, 0.1) is 0 Å². The molecule has 4 aliphatic rings. The van der Waals surface area contributed by atoms with Gasteiger partial charge in [-0.25, -0.2) is 0 Å². The van der Waals surface area contributed by atoms with E-state index >= 15 is 0 Å². The minimum Gasteiger partial charge on any atom is -0.337 e. The third-order valence-electron chi connectivity index (χ3n) is 6.66. The van der Waals surface area contributed by atoms with E-state index in [1.54, 1.807) is 0 Å². The summed E-state index contributed by atoms with van der Waals surface area (Å²) in [5.74, 6) is 2.33. The minimum absolute atomic E-state index is 0.234. The number of carbonyl (C=O) groups is 1. The lowest BCUT2D eigenvalue weighted by molar-refractivity contribution is 0.0717. The van der Waals surface area contributed by atoms with E-state index in [1.807, 2.05) is 12.1 Å². The number of fused-ring (bicyclic) bond motifs is 4. The van der Waals surface area contributed by atoms with E-state index < -0.39 is 0 Å². The molecule has 0 spiro atoms. The first-order chi connectivity index (χ1) is 12.1. The summed E-state index contributed by atoms with van der Waals surface area (Å²) in [7, 11) is 0. The molecule has 3 saturated heterocycles. The highest BCUT2D eigenvalue weighted by molar-refractivity contribution is 5.94. The molecule has 0 N–H and O–H groups in total. The normalized spacial score (nSPS) is 27.4. The number of benzene rings is 1. The zero-order valence-corrected chi connectivity index (χ0v) is 15.8. The number of carbonyl (C=O) groups excluding carboxylic acids is 1. The Morgan fingerprint density at radius 3 is 2.44 bits per heavy atom. The second kappa shape index (κ2) is 7.11. The molecule has 2 bridgehead atoms. The van der Waals surface area contributed by atoms with Gasteiger partial charge in [-0.05, 0) is 61.1 Å². The average molecular weight is 341 g/mol. The fraction of sp³-hybridized carbons (Fsp3) is 0.682. The molecule has 0 radical (unpaired) electrons. The Balaban J connectivity index is 1.44. The summed E-state index contributed by atoms with van der Waals surface area (Å²) in [5.41, 5.74) is 2.16. The molecule has 3 heterocycles. The zero-order valence-electron chi connectivity index (χ0n) is 15.8. The van der Waals surface area contributed by atoms with Gasteiger partial charge >= 0.3 is 0 Å². The van der Waals surface area contributed by atoms with Gasteiger partial charge in [0.25, 0.3) is 5.91 Å². The average Bonchev–Trinajstić information content (AvgIpc) is 2.89. The molecule has 1 aromatic rings. The number of piperidine rings is 1. The Bertz CT molecular complexity index is 605. The van der Waals surface area contributed by atoms with Gasteiger partial charge < -0.3 is 4.90 Å². The van der Waals surface area contributed by atoms with Crippen LogP contribution in [0.15, 0.2) is 24.3 Å². The molecule has 0 aromatic heterocycles. The largest absolute Gasteiger partial charge is 0.337 e. The van der Waals surface area contributed by atoms with Crippen molar-refractivity contribution in [2.45, 2.75) is 57.9 Å². The Morgan fingerprint density at radius 1 is 1.04 bits per heavy atom. The van der Waals surface area contributed by atoms with Gasteiger partial charge in [-0.3, -0.25) is 9.69 Å². The lowest BCUT2D eigenvalue weighted by Crippen LogP contribution is -2.47. The summed E-state index contributed by atoms with van der Waals surface area (Å²) in [4.78, 5) is 17.9. The minimum atomic E-state index is 0.234. The van der Waals surface area contributed by atoms with E-state index in [-0.39, 0.29) is 5.91 Å². The summed E-state index contributed by atoms with van der Waals surface area (Å²) in [5, 5.41) is 0. The molecule has 1 amide bonds. The number of hydrogen-bond donors (Lipinski definition) is 0. The maximum absolute atomic E-state index is 13.1. The van der Waals surface area contributed by atoms with Gasteiger partial charge in [-0.2, -0.15) is 0 Å². The van der Waals surface area contributed by atoms with Crippen molar-refractivity contribution in [3.8, 4) is 0 Å². The molecule has 1 saturated carbocycles. The van der Waals surface area contributed by atoms with Crippen molar-refractivity contribution < 1.29 is 4.79 Å². The predicted molar refractivity (Wildman–Crippen MR) is 102 cm³/mol. The lowest BCUT2D eigenvalue weighted by Gasteiger charge is -2.40. The van der Waals surface area contributed by atoms with Crippen LogP contribution in [0.3, 0.4) is 0 Å². The first-order valence-corrected chi connectivity index (χ1v) is 10.2. The highest BCUT2D eigenvalue weighted by Gasteiger charge is 2.37. The van der Waals surface area contributed by atoms with E-state index in [4.69, 9.17) is 0 Å². The van der Waals surface area contributed by atoms with Crippen molar-refractivity contribution >= 4 is 5.91 Å². The van der Waals surface area contributed by atoms with Gasteiger partial charge in [-0.15, -0.1) is 0 Å². The third kappa shape index (κ3) is 3.62. The molecular formula is C22H32N2O. The van der Waals surface area contributed by atoms with Gasteiger partial charge in [0, 0.05) is 37.8 Å². The van der Waals surface area contributed by atoms with Crippen LogP contribution < -0.4 is 0 Å². The highest BCUT2D eigenvalue weighted by atomic mass is 16.2. The van der Waals surface area contributed by atoms with Gasteiger partial charge in [0.2, 0.25) is 0 Å². The summed E-state index contributed by atoms with van der Waals surface area (Å²) in [6, 6.07) is 8.87. The molecular weight excluding hydrogens is 308 g/mol. The third-order valence-corrected chi connectivity index (χ3v) is 6.66. The molecule has 4 fully saturated rings. The fourth-order valence-electron chi connectivity index (χ4n) is 4.77. The Kier molecular flexibility index (Phi) is 4.86.